The number of rotatable bonds is 7. The Balaban J connectivity index is 1.44. The number of hydrazone groups is 1. The Morgan fingerprint density at radius 2 is 1.85 bits per heavy atom. The van der Waals surface area contributed by atoms with E-state index < -0.39 is 0 Å². The van der Waals surface area contributed by atoms with Gasteiger partial charge in [-0.15, -0.1) is 11.8 Å². The van der Waals surface area contributed by atoms with Crippen molar-refractivity contribution in [3.63, 3.8) is 0 Å². The van der Waals surface area contributed by atoms with Gasteiger partial charge in [0.2, 0.25) is 5.91 Å². The third-order valence-corrected chi connectivity index (χ3v) is 5.34. The van der Waals surface area contributed by atoms with Crippen molar-refractivity contribution in [2.45, 2.75) is 5.75 Å². The summed E-state index contributed by atoms with van der Waals surface area (Å²) >= 11 is 10.8. The van der Waals surface area contributed by atoms with E-state index in [1.807, 2.05) is 60.7 Å². The van der Waals surface area contributed by atoms with Gasteiger partial charge >= 0.3 is 0 Å². The second-order valence-corrected chi connectivity index (χ2v) is 7.96. The Kier molecular flexibility index (Phi) is 7.15. The van der Waals surface area contributed by atoms with Crippen LogP contribution in [-0.4, -0.2) is 17.9 Å². The molecular formula is C20H16BrClN2O2S. The molecule has 0 saturated heterocycles. The van der Waals surface area contributed by atoms with Gasteiger partial charge in [0.1, 0.15) is 11.5 Å². The zero-order chi connectivity index (χ0) is 19.1. The highest BCUT2D eigenvalue weighted by Crippen LogP contribution is 2.23. The van der Waals surface area contributed by atoms with Crippen LogP contribution in [0.4, 0.5) is 0 Å². The quantitative estimate of drug-likeness (QED) is 0.359. The minimum atomic E-state index is -0.162. The van der Waals surface area contributed by atoms with E-state index in [2.05, 4.69) is 26.5 Å². The first-order valence-corrected chi connectivity index (χ1v) is 10.4. The molecule has 1 amide bonds. The minimum absolute atomic E-state index is 0.162. The molecule has 3 rings (SSSR count). The summed E-state index contributed by atoms with van der Waals surface area (Å²) in [5.41, 5.74) is 4.60. The summed E-state index contributed by atoms with van der Waals surface area (Å²) in [5, 5.41) is 4.65. The van der Waals surface area contributed by atoms with Crippen LogP contribution in [0.3, 0.4) is 0 Å². The summed E-state index contributed by atoms with van der Waals surface area (Å²) in [5.74, 6) is 2.21. The number of halogens is 2. The van der Waals surface area contributed by atoms with E-state index in [9.17, 15) is 4.79 Å². The van der Waals surface area contributed by atoms with Gasteiger partial charge in [0.25, 0.3) is 0 Å². The average molecular weight is 464 g/mol. The van der Waals surface area contributed by atoms with Gasteiger partial charge in [-0.05, 0) is 42.0 Å². The maximum Gasteiger partial charge on any atom is 0.250 e. The maximum atomic E-state index is 11.8. The molecule has 0 radical (unpaired) electrons. The standard InChI is InChI=1S/C20H16BrClN2O2S/c21-16-5-3-15(4-6-16)19-10-9-18(26-19)11-23-24-20(25)13-27-12-14-1-7-17(22)8-2-14/h1-11H,12-13H2,(H,24,25)/b23-11-. The number of carbonyl (C=O) groups is 1. The third-order valence-electron chi connectivity index (χ3n) is 3.55. The molecule has 0 aliphatic carbocycles. The summed E-state index contributed by atoms with van der Waals surface area (Å²) < 4.78 is 6.72. The fraction of sp³-hybridized carbons (Fsp3) is 0.100. The van der Waals surface area contributed by atoms with Crippen molar-refractivity contribution in [1.29, 1.82) is 0 Å². The van der Waals surface area contributed by atoms with Crippen LogP contribution in [0.1, 0.15) is 11.3 Å². The molecule has 2 aromatic carbocycles. The first-order chi connectivity index (χ1) is 13.1. The number of furan rings is 1. The second kappa shape index (κ2) is 9.78. The molecule has 0 saturated carbocycles. The lowest BCUT2D eigenvalue weighted by atomic mass is 10.2. The van der Waals surface area contributed by atoms with Crippen LogP contribution >= 0.6 is 39.3 Å². The molecule has 0 aliphatic rings. The molecular weight excluding hydrogens is 448 g/mol. The van der Waals surface area contributed by atoms with E-state index in [0.29, 0.717) is 16.5 Å². The Labute approximate surface area is 175 Å². The van der Waals surface area contributed by atoms with Gasteiger partial charge in [-0.2, -0.15) is 5.10 Å². The highest BCUT2D eigenvalue weighted by Gasteiger charge is 2.04. The molecule has 1 heterocycles. The van der Waals surface area contributed by atoms with Crippen LogP contribution in [0.5, 0.6) is 0 Å². The number of hydrogen-bond donors (Lipinski definition) is 1. The lowest BCUT2D eigenvalue weighted by molar-refractivity contribution is -0.118. The zero-order valence-electron chi connectivity index (χ0n) is 14.2. The summed E-state index contributed by atoms with van der Waals surface area (Å²) in [7, 11) is 0. The number of amides is 1. The highest BCUT2D eigenvalue weighted by atomic mass is 79.9. The van der Waals surface area contributed by atoms with Crippen molar-refractivity contribution >= 4 is 51.4 Å². The van der Waals surface area contributed by atoms with E-state index in [4.69, 9.17) is 16.0 Å². The van der Waals surface area contributed by atoms with Gasteiger partial charge in [0.15, 0.2) is 0 Å². The molecule has 0 atom stereocenters. The van der Waals surface area contributed by atoms with Crippen molar-refractivity contribution in [1.82, 2.24) is 5.43 Å². The average Bonchev–Trinajstić information content (AvgIpc) is 3.13. The van der Waals surface area contributed by atoms with E-state index >= 15 is 0 Å². The Bertz CT molecular complexity index is 924. The van der Waals surface area contributed by atoms with Gasteiger partial charge in [-0.3, -0.25) is 4.79 Å². The van der Waals surface area contributed by atoms with Crippen LogP contribution in [0, 0.1) is 0 Å². The first kappa shape index (κ1) is 19.7. The molecule has 138 valence electrons. The molecule has 27 heavy (non-hydrogen) atoms. The molecule has 1 N–H and O–H groups in total. The minimum Gasteiger partial charge on any atom is -0.455 e. The molecule has 7 heteroatoms. The second-order valence-electron chi connectivity index (χ2n) is 5.62. The predicted octanol–water partition coefficient (Wildman–Crippen LogP) is 5.75. The maximum absolute atomic E-state index is 11.8. The van der Waals surface area contributed by atoms with Crippen LogP contribution in [0.2, 0.25) is 5.02 Å². The molecule has 0 bridgehead atoms. The Hall–Kier alpha value is -2.02. The van der Waals surface area contributed by atoms with Crippen molar-refractivity contribution < 1.29 is 9.21 Å². The van der Waals surface area contributed by atoms with Crippen molar-refractivity contribution in [3.05, 3.63) is 81.5 Å². The summed E-state index contributed by atoms with van der Waals surface area (Å²) in [6.45, 7) is 0. The largest absolute Gasteiger partial charge is 0.455 e. The summed E-state index contributed by atoms with van der Waals surface area (Å²) in [6, 6.07) is 19.1. The lowest BCUT2D eigenvalue weighted by Crippen LogP contribution is -2.19. The van der Waals surface area contributed by atoms with Crippen molar-refractivity contribution in [3.8, 4) is 11.3 Å². The molecule has 0 spiro atoms. The van der Waals surface area contributed by atoms with Crippen LogP contribution in [0.15, 0.2) is 74.7 Å². The SMILES string of the molecule is O=C(CSCc1ccc(Cl)cc1)N/N=C\c1ccc(-c2ccc(Br)cc2)o1. The van der Waals surface area contributed by atoms with Crippen LogP contribution in [-0.2, 0) is 10.5 Å². The molecule has 3 aromatic rings. The van der Waals surface area contributed by atoms with E-state index in [1.165, 1.54) is 18.0 Å². The number of nitrogens with zero attached hydrogens (tertiary/aromatic N) is 1. The summed E-state index contributed by atoms with van der Waals surface area (Å²) in [6.07, 6.45) is 1.49. The first-order valence-electron chi connectivity index (χ1n) is 8.10. The van der Waals surface area contributed by atoms with Crippen molar-refractivity contribution in [2.75, 3.05) is 5.75 Å². The Morgan fingerprint density at radius 1 is 1.11 bits per heavy atom. The van der Waals surface area contributed by atoms with Crippen molar-refractivity contribution in [2.24, 2.45) is 5.10 Å². The number of carbonyl (C=O) groups excluding carboxylic acids is 1. The monoisotopic (exact) mass is 462 g/mol. The topological polar surface area (TPSA) is 54.6 Å². The number of benzene rings is 2. The molecule has 4 nitrogen and oxygen atoms in total. The van der Waals surface area contributed by atoms with Gasteiger partial charge in [-0.1, -0.05) is 51.8 Å². The predicted molar refractivity (Wildman–Crippen MR) is 115 cm³/mol. The fourth-order valence-electron chi connectivity index (χ4n) is 2.23. The van der Waals surface area contributed by atoms with E-state index in [0.717, 1.165) is 27.1 Å². The smallest absolute Gasteiger partial charge is 0.250 e. The van der Waals surface area contributed by atoms with Gasteiger partial charge in [-0.25, -0.2) is 5.43 Å². The molecule has 0 unspecified atom stereocenters. The Morgan fingerprint density at radius 3 is 2.59 bits per heavy atom. The van der Waals surface area contributed by atoms with Gasteiger partial charge < -0.3 is 4.42 Å². The normalized spacial score (nSPS) is 11.0. The fourth-order valence-corrected chi connectivity index (χ4v) is 3.40. The van der Waals surface area contributed by atoms with Crippen LogP contribution in [0.25, 0.3) is 11.3 Å². The molecule has 0 fully saturated rings. The highest BCUT2D eigenvalue weighted by molar-refractivity contribution is 9.10. The molecule has 0 aliphatic heterocycles. The number of thioether (sulfide) groups is 1. The number of nitrogens with one attached hydrogen (secondary N) is 1. The van der Waals surface area contributed by atoms with Crippen LogP contribution < -0.4 is 5.43 Å². The molecule has 1 aromatic heterocycles. The van der Waals surface area contributed by atoms with Gasteiger partial charge in [0, 0.05) is 20.8 Å². The van der Waals surface area contributed by atoms with E-state index in [-0.39, 0.29) is 5.91 Å². The van der Waals surface area contributed by atoms with Gasteiger partial charge in [0.05, 0.1) is 12.0 Å². The zero-order valence-corrected chi connectivity index (χ0v) is 17.4. The lowest BCUT2D eigenvalue weighted by Gasteiger charge is -2.01. The number of hydrogen-bond acceptors (Lipinski definition) is 4. The summed E-state index contributed by atoms with van der Waals surface area (Å²) in [4.78, 5) is 11.8. The third kappa shape index (κ3) is 6.27. The van der Waals surface area contributed by atoms with E-state index in [1.54, 1.807) is 0 Å².